The molecule has 0 aliphatic carbocycles. The maximum absolute atomic E-state index is 12.9. The average molecular weight is 429 g/mol. The van der Waals surface area contributed by atoms with E-state index in [1.807, 2.05) is 35.2 Å². The molecular formula is C24H23N5O3. The van der Waals surface area contributed by atoms with E-state index >= 15 is 0 Å². The molecule has 2 aliphatic heterocycles. The first-order valence-corrected chi connectivity index (χ1v) is 10.6. The summed E-state index contributed by atoms with van der Waals surface area (Å²) in [6.45, 7) is 2.27. The number of anilines is 1. The highest BCUT2D eigenvalue weighted by Crippen LogP contribution is 2.32. The van der Waals surface area contributed by atoms with Crippen LogP contribution in [0.25, 0.3) is 11.1 Å². The van der Waals surface area contributed by atoms with Crippen molar-refractivity contribution in [2.45, 2.75) is 6.04 Å². The summed E-state index contributed by atoms with van der Waals surface area (Å²) >= 11 is 0. The first-order chi connectivity index (χ1) is 15.7. The van der Waals surface area contributed by atoms with Crippen LogP contribution in [-0.4, -0.2) is 70.4 Å². The van der Waals surface area contributed by atoms with Gasteiger partial charge < -0.3 is 15.0 Å². The minimum atomic E-state index is -0.0999. The third-order valence-corrected chi connectivity index (χ3v) is 5.83. The average Bonchev–Trinajstić information content (AvgIpc) is 2.90. The number of aromatic nitrogens is 2. The van der Waals surface area contributed by atoms with Gasteiger partial charge in [-0.3, -0.25) is 24.5 Å². The number of carbonyl (C=O) groups excluding carboxylic acids is 2. The van der Waals surface area contributed by atoms with Crippen LogP contribution in [0.15, 0.2) is 67.3 Å². The van der Waals surface area contributed by atoms with Gasteiger partial charge in [-0.2, -0.15) is 0 Å². The quantitative estimate of drug-likeness (QED) is 0.673. The number of nitrogens with zero attached hydrogens (tertiary/aromatic N) is 4. The number of hydrogen-bond donors (Lipinski definition) is 1. The van der Waals surface area contributed by atoms with E-state index in [4.69, 9.17) is 4.74 Å². The van der Waals surface area contributed by atoms with E-state index in [1.165, 1.54) is 0 Å². The number of fused-ring (bicyclic) bond motifs is 2. The lowest BCUT2D eigenvalue weighted by atomic mass is 10.1. The summed E-state index contributed by atoms with van der Waals surface area (Å²) in [4.78, 5) is 37.8. The van der Waals surface area contributed by atoms with E-state index < -0.39 is 0 Å². The van der Waals surface area contributed by atoms with E-state index in [0.29, 0.717) is 43.2 Å². The third-order valence-electron chi connectivity index (χ3n) is 5.83. The Morgan fingerprint density at radius 2 is 1.88 bits per heavy atom. The number of carbonyl (C=O) groups is 2. The maximum atomic E-state index is 12.9. The monoisotopic (exact) mass is 429 g/mol. The number of nitrogens with one attached hydrogen (secondary N) is 1. The highest BCUT2D eigenvalue weighted by molar-refractivity contribution is 5.95. The highest BCUT2D eigenvalue weighted by atomic mass is 16.5. The van der Waals surface area contributed by atoms with Crippen molar-refractivity contribution in [1.82, 2.24) is 19.8 Å². The number of amides is 2. The summed E-state index contributed by atoms with van der Waals surface area (Å²) in [5.41, 5.74) is 3.12. The van der Waals surface area contributed by atoms with Crippen molar-refractivity contribution in [3.05, 3.63) is 72.8 Å². The molecule has 1 saturated heterocycles. The standard InChI is InChI=1S/C24H23N5O3/c30-23-15-28-9-10-29(24(31)19-4-2-8-26-13-19)14-20(28)16-32-22-6-5-17(11-21(22)27-23)18-3-1-7-25-12-18/h1-8,11-13,20H,9-10,14-16H2,(H,27,30)/t20-/m0/s1. The second-order valence-electron chi connectivity index (χ2n) is 7.93. The van der Waals surface area contributed by atoms with Crippen molar-refractivity contribution in [2.75, 3.05) is 38.1 Å². The molecule has 0 spiro atoms. The Kier molecular flexibility index (Phi) is 5.51. The molecule has 5 rings (SSSR count). The van der Waals surface area contributed by atoms with Gasteiger partial charge in [-0.15, -0.1) is 0 Å². The van der Waals surface area contributed by atoms with Crippen LogP contribution in [0.4, 0.5) is 5.69 Å². The first-order valence-electron chi connectivity index (χ1n) is 10.6. The van der Waals surface area contributed by atoms with Crippen LogP contribution in [0.3, 0.4) is 0 Å². The smallest absolute Gasteiger partial charge is 0.255 e. The van der Waals surface area contributed by atoms with Crippen molar-refractivity contribution in [3.8, 4) is 16.9 Å². The van der Waals surface area contributed by atoms with Gasteiger partial charge in [0.05, 0.1) is 23.8 Å². The van der Waals surface area contributed by atoms with Crippen molar-refractivity contribution >= 4 is 17.5 Å². The van der Waals surface area contributed by atoms with Crippen LogP contribution < -0.4 is 10.1 Å². The summed E-state index contributed by atoms with van der Waals surface area (Å²) in [5.74, 6) is 0.462. The molecule has 4 heterocycles. The predicted molar refractivity (Wildman–Crippen MR) is 119 cm³/mol. The normalized spacial score (nSPS) is 18.8. The van der Waals surface area contributed by atoms with E-state index in [1.54, 1.807) is 36.9 Å². The lowest BCUT2D eigenvalue weighted by Gasteiger charge is -2.40. The fourth-order valence-electron chi connectivity index (χ4n) is 4.14. The molecule has 1 atom stereocenters. The lowest BCUT2D eigenvalue weighted by Crippen LogP contribution is -2.57. The van der Waals surface area contributed by atoms with E-state index in [-0.39, 0.29) is 24.4 Å². The summed E-state index contributed by atoms with van der Waals surface area (Å²) < 4.78 is 6.13. The minimum absolute atomic E-state index is 0.0522. The van der Waals surface area contributed by atoms with Gasteiger partial charge in [-0.05, 0) is 35.9 Å². The molecule has 3 aromatic rings. The molecule has 8 nitrogen and oxygen atoms in total. The summed E-state index contributed by atoms with van der Waals surface area (Å²) in [5, 5.41) is 2.99. The minimum Gasteiger partial charge on any atom is -0.490 e. The molecule has 32 heavy (non-hydrogen) atoms. The Morgan fingerprint density at radius 1 is 1.03 bits per heavy atom. The molecule has 2 aliphatic rings. The Hall–Kier alpha value is -3.78. The van der Waals surface area contributed by atoms with Crippen LogP contribution in [0.1, 0.15) is 10.4 Å². The van der Waals surface area contributed by atoms with Crippen molar-refractivity contribution < 1.29 is 14.3 Å². The molecular weight excluding hydrogens is 406 g/mol. The zero-order valence-electron chi connectivity index (χ0n) is 17.5. The first kappa shape index (κ1) is 20.1. The maximum Gasteiger partial charge on any atom is 0.255 e. The van der Waals surface area contributed by atoms with Crippen LogP contribution in [0.2, 0.25) is 0 Å². The zero-order chi connectivity index (χ0) is 21.9. The Labute approximate surface area is 185 Å². The number of piperazine rings is 1. The second-order valence-corrected chi connectivity index (χ2v) is 7.93. The van der Waals surface area contributed by atoms with Gasteiger partial charge in [0.25, 0.3) is 5.91 Å². The van der Waals surface area contributed by atoms with Gasteiger partial charge in [-0.1, -0.05) is 12.1 Å². The number of pyridine rings is 2. The molecule has 0 radical (unpaired) electrons. The molecule has 162 valence electrons. The van der Waals surface area contributed by atoms with Gasteiger partial charge in [0, 0.05) is 50.0 Å². The molecule has 2 amide bonds. The SMILES string of the molecule is O=C1CN2CCN(C(=O)c3cccnc3)C[C@H]2COc2ccc(-c3cccnc3)cc2N1. The highest BCUT2D eigenvalue weighted by Gasteiger charge is 2.33. The topological polar surface area (TPSA) is 87.7 Å². The largest absolute Gasteiger partial charge is 0.490 e. The van der Waals surface area contributed by atoms with Gasteiger partial charge in [-0.25, -0.2) is 0 Å². The number of rotatable bonds is 2. The van der Waals surface area contributed by atoms with E-state index in [0.717, 1.165) is 11.1 Å². The lowest BCUT2D eigenvalue weighted by molar-refractivity contribution is -0.118. The molecule has 1 N–H and O–H groups in total. The zero-order valence-corrected chi connectivity index (χ0v) is 17.5. The Bertz CT molecular complexity index is 1120. The molecule has 1 aromatic carbocycles. The van der Waals surface area contributed by atoms with Crippen LogP contribution in [0.5, 0.6) is 5.75 Å². The molecule has 8 heteroatoms. The molecule has 0 bridgehead atoms. The van der Waals surface area contributed by atoms with Crippen molar-refractivity contribution in [3.63, 3.8) is 0 Å². The van der Waals surface area contributed by atoms with E-state index in [2.05, 4.69) is 20.2 Å². The van der Waals surface area contributed by atoms with Crippen molar-refractivity contribution in [1.29, 1.82) is 0 Å². The molecule has 0 saturated carbocycles. The Morgan fingerprint density at radius 3 is 2.66 bits per heavy atom. The van der Waals surface area contributed by atoms with Gasteiger partial charge in [0.1, 0.15) is 12.4 Å². The predicted octanol–water partition coefficient (Wildman–Crippen LogP) is 2.30. The number of benzene rings is 1. The van der Waals surface area contributed by atoms with Gasteiger partial charge in [0.15, 0.2) is 0 Å². The summed E-state index contributed by atoms with van der Waals surface area (Å²) in [6, 6.07) is 13.0. The summed E-state index contributed by atoms with van der Waals surface area (Å²) in [6.07, 6.45) is 6.74. The molecule has 1 fully saturated rings. The van der Waals surface area contributed by atoms with Crippen LogP contribution in [-0.2, 0) is 4.79 Å². The number of ether oxygens (including phenoxy) is 1. The Balaban J connectivity index is 1.36. The second kappa shape index (κ2) is 8.76. The van der Waals surface area contributed by atoms with Crippen molar-refractivity contribution in [2.24, 2.45) is 0 Å². The summed E-state index contributed by atoms with van der Waals surface area (Å²) in [7, 11) is 0. The van der Waals surface area contributed by atoms with Crippen LogP contribution in [0, 0.1) is 0 Å². The fraction of sp³-hybridized carbons (Fsp3) is 0.250. The number of hydrogen-bond acceptors (Lipinski definition) is 6. The van der Waals surface area contributed by atoms with Crippen LogP contribution >= 0.6 is 0 Å². The fourth-order valence-corrected chi connectivity index (χ4v) is 4.14. The molecule has 2 aromatic heterocycles. The van der Waals surface area contributed by atoms with Gasteiger partial charge >= 0.3 is 0 Å². The van der Waals surface area contributed by atoms with Gasteiger partial charge in [0.2, 0.25) is 5.91 Å². The third kappa shape index (κ3) is 4.17. The molecule has 0 unspecified atom stereocenters. The van der Waals surface area contributed by atoms with E-state index in [9.17, 15) is 9.59 Å².